The fourth-order valence-electron chi connectivity index (χ4n) is 2.15. The number of piperazine rings is 1. The molecule has 126 valence electrons. The quantitative estimate of drug-likeness (QED) is 0.759. The standard InChI is InChI=1S/C15H22N4O4/c1-15(2,3)23-14(21)19-9-7-18(8-10-19)12-6-5-11(16-17-12)13(20)22-4/h5-6H,7-10H2,1-4H3. The van der Waals surface area contributed by atoms with Gasteiger partial charge in [0.2, 0.25) is 0 Å². The van der Waals surface area contributed by atoms with Crippen LogP contribution in [-0.2, 0) is 9.47 Å². The molecule has 1 amide bonds. The first-order valence-electron chi connectivity index (χ1n) is 7.45. The second kappa shape index (κ2) is 6.80. The van der Waals surface area contributed by atoms with E-state index < -0.39 is 11.6 Å². The number of hydrogen-bond donors (Lipinski definition) is 0. The van der Waals surface area contributed by atoms with E-state index in [0.29, 0.717) is 32.0 Å². The molecular formula is C15H22N4O4. The molecule has 0 unspecified atom stereocenters. The van der Waals surface area contributed by atoms with Gasteiger partial charge < -0.3 is 19.3 Å². The summed E-state index contributed by atoms with van der Waals surface area (Å²) in [6.45, 7) is 7.90. The van der Waals surface area contributed by atoms with Crippen molar-refractivity contribution < 1.29 is 19.1 Å². The number of anilines is 1. The molecule has 1 aliphatic rings. The normalized spacial score (nSPS) is 15.3. The maximum Gasteiger partial charge on any atom is 0.410 e. The highest BCUT2D eigenvalue weighted by molar-refractivity contribution is 5.87. The van der Waals surface area contributed by atoms with Crippen LogP contribution in [0, 0.1) is 0 Å². The van der Waals surface area contributed by atoms with E-state index in [-0.39, 0.29) is 11.8 Å². The Morgan fingerprint density at radius 2 is 1.74 bits per heavy atom. The summed E-state index contributed by atoms with van der Waals surface area (Å²) in [6, 6.07) is 3.30. The maximum atomic E-state index is 12.0. The second-order valence-electron chi connectivity index (χ2n) is 6.22. The Bertz CT molecular complexity index is 560. The van der Waals surface area contributed by atoms with Crippen molar-refractivity contribution in [1.82, 2.24) is 15.1 Å². The fourth-order valence-corrected chi connectivity index (χ4v) is 2.15. The first kappa shape index (κ1) is 17.0. The zero-order valence-corrected chi connectivity index (χ0v) is 13.9. The van der Waals surface area contributed by atoms with Gasteiger partial charge in [-0.2, -0.15) is 0 Å². The predicted octanol–water partition coefficient (Wildman–Crippen LogP) is 1.32. The highest BCUT2D eigenvalue weighted by Gasteiger charge is 2.26. The number of carbonyl (C=O) groups excluding carboxylic acids is 2. The number of amides is 1. The van der Waals surface area contributed by atoms with Crippen LogP contribution >= 0.6 is 0 Å². The van der Waals surface area contributed by atoms with E-state index in [9.17, 15) is 9.59 Å². The first-order chi connectivity index (χ1) is 10.8. The minimum Gasteiger partial charge on any atom is -0.464 e. The molecule has 1 aliphatic heterocycles. The van der Waals surface area contributed by atoms with Crippen molar-refractivity contribution in [3.63, 3.8) is 0 Å². The molecule has 8 nitrogen and oxygen atoms in total. The molecule has 0 aromatic carbocycles. The molecule has 0 bridgehead atoms. The largest absolute Gasteiger partial charge is 0.464 e. The van der Waals surface area contributed by atoms with Crippen LogP contribution in [0.2, 0.25) is 0 Å². The van der Waals surface area contributed by atoms with Crippen LogP contribution in [0.1, 0.15) is 31.3 Å². The third-order valence-electron chi connectivity index (χ3n) is 3.30. The zero-order chi connectivity index (χ0) is 17.0. The Morgan fingerprint density at radius 3 is 2.22 bits per heavy atom. The molecule has 1 saturated heterocycles. The third kappa shape index (κ3) is 4.54. The average molecular weight is 322 g/mol. The molecule has 0 spiro atoms. The van der Waals surface area contributed by atoms with Crippen molar-refractivity contribution in [1.29, 1.82) is 0 Å². The van der Waals surface area contributed by atoms with Gasteiger partial charge in [-0.25, -0.2) is 9.59 Å². The summed E-state index contributed by atoms with van der Waals surface area (Å²) in [4.78, 5) is 27.0. The SMILES string of the molecule is COC(=O)c1ccc(N2CCN(C(=O)OC(C)(C)C)CC2)nn1. The Morgan fingerprint density at radius 1 is 1.09 bits per heavy atom. The van der Waals surface area contributed by atoms with E-state index in [1.807, 2.05) is 25.7 Å². The number of esters is 1. The smallest absolute Gasteiger partial charge is 0.410 e. The van der Waals surface area contributed by atoms with Crippen LogP contribution in [0.4, 0.5) is 10.6 Å². The Labute approximate surface area is 135 Å². The molecule has 2 rings (SSSR count). The Hall–Kier alpha value is -2.38. The van der Waals surface area contributed by atoms with Crippen molar-refractivity contribution in [3.8, 4) is 0 Å². The van der Waals surface area contributed by atoms with E-state index in [1.54, 1.807) is 17.0 Å². The summed E-state index contributed by atoms with van der Waals surface area (Å²) in [5, 5.41) is 7.90. The summed E-state index contributed by atoms with van der Waals surface area (Å²) in [5.74, 6) is 0.153. The lowest BCUT2D eigenvalue weighted by atomic mass is 10.2. The maximum absolute atomic E-state index is 12.0. The lowest BCUT2D eigenvalue weighted by Crippen LogP contribution is -2.50. The molecular weight excluding hydrogens is 300 g/mol. The lowest BCUT2D eigenvalue weighted by Gasteiger charge is -2.35. The molecule has 2 heterocycles. The molecule has 0 N–H and O–H groups in total. The molecule has 1 aromatic heterocycles. The zero-order valence-electron chi connectivity index (χ0n) is 13.9. The van der Waals surface area contributed by atoms with Crippen LogP contribution in [0.25, 0.3) is 0 Å². The number of hydrogen-bond acceptors (Lipinski definition) is 7. The molecule has 0 aliphatic carbocycles. The minimum absolute atomic E-state index is 0.170. The summed E-state index contributed by atoms with van der Waals surface area (Å²) in [6.07, 6.45) is -0.302. The molecule has 0 radical (unpaired) electrons. The van der Waals surface area contributed by atoms with Crippen molar-refractivity contribution >= 4 is 17.9 Å². The van der Waals surface area contributed by atoms with Crippen LogP contribution < -0.4 is 4.90 Å². The summed E-state index contributed by atoms with van der Waals surface area (Å²) in [5.41, 5.74) is -0.327. The Kier molecular flexibility index (Phi) is 5.02. The number of methoxy groups -OCH3 is 1. The molecule has 8 heteroatoms. The van der Waals surface area contributed by atoms with Gasteiger partial charge >= 0.3 is 12.1 Å². The minimum atomic E-state index is -0.515. The molecule has 23 heavy (non-hydrogen) atoms. The van der Waals surface area contributed by atoms with Crippen molar-refractivity contribution in [2.45, 2.75) is 26.4 Å². The van der Waals surface area contributed by atoms with Crippen LogP contribution in [0.3, 0.4) is 0 Å². The number of carbonyl (C=O) groups is 2. The van der Waals surface area contributed by atoms with E-state index >= 15 is 0 Å². The lowest BCUT2D eigenvalue weighted by molar-refractivity contribution is 0.0240. The topological polar surface area (TPSA) is 84.9 Å². The van der Waals surface area contributed by atoms with Crippen LogP contribution in [0.15, 0.2) is 12.1 Å². The number of nitrogens with zero attached hydrogens (tertiary/aromatic N) is 4. The van der Waals surface area contributed by atoms with Gasteiger partial charge in [0.1, 0.15) is 5.60 Å². The van der Waals surface area contributed by atoms with Crippen molar-refractivity contribution in [3.05, 3.63) is 17.8 Å². The van der Waals surface area contributed by atoms with Crippen LogP contribution in [-0.4, -0.2) is 66.0 Å². The van der Waals surface area contributed by atoms with Crippen molar-refractivity contribution in [2.75, 3.05) is 38.2 Å². The Balaban J connectivity index is 1.91. The summed E-state index contributed by atoms with van der Waals surface area (Å²) >= 11 is 0. The van der Waals surface area contributed by atoms with E-state index in [1.165, 1.54) is 7.11 Å². The van der Waals surface area contributed by atoms with Crippen LogP contribution in [0.5, 0.6) is 0 Å². The fraction of sp³-hybridized carbons (Fsp3) is 0.600. The van der Waals surface area contributed by atoms with Gasteiger partial charge in [-0.3, -0.25) is 0 Å². The van der Waals surface area contributed by atoms with E-state index in [4.69, 9.17) is 4.74 Å². The third-order valence-corrected chi connectivity index (χ3v) is 3.30. The monoisotopic (exact) mass is 322 g/mol. The van der Waals surface area contributed by atoms with Gasteiger partial charge in [0.05, 0.1) is 7.11 Å². The summed E-state index contributed by atoms with van der Waals surface area (Å²) < 4.78 is 9.95. The molecule has 1 aromatic rings. The molecule has 0 atom stereocenters. The van der Waals surface area contributed by atoms with Gasteiger partial charge in [0, 0.05) is 26.2 Å². The van der Waals surface area contributed by atoms with Gasteiger partial charge in [0.15, 0.2) is 11.5 Å². The average Bonchev–Trinajstić information content (AvgIpc) is 2.53. The van der Waals surface area contributed by atoms with Crippen molar-refractivity contribution in [2.24, 2.45) is 0 Å². The summed E-state index contributed by atoms with van der Waals surface area (Å²) in [7, 11) is 1.30. The highest BCUT2D eigenvalue weighted by Crippen LogP contribution is 2.15. The first-order valence-corrected chi connectivity index (χ1v) is 7.45. The molecule has 0 saturated carbocycles. The van der Waals surface area contributed by atoms with E-state index in [2.05, 4.69) is 14.9 Å². The van der Waals surface area contributed by atoms with Gasteiger partial charge in [-0.05, 0) is 32.9 Å². The van der Waals surface area contributed by atoms with Gasteiger partial charge in [-0.1, -0.05) is 0 Å². The number of rotatable bonds is 2. The number of ether oxygens (including phenoxy) is 2. The van der Waals surface area contributed by atoms with E-state index in [0.717, 1.165) is 0 Å². The number of aromatic nitrogens is 2. The molecule has 1 fully saturated rings. The predicted molar refractivity (Wildman–Crippen MR) is 83.4 cm³/mol. The van der Waals surface area contributed by atoms with Gasteiger partial charge in [-0.15, -0.1) is 10.2 Å². The van der Waals surface area contributed by atoms with Gasteiger partial charge in [0.25, 0.3) is 0 Å². The highest BCUT2D eigenvalue weighted by atomic mass is 16.6. The second-order valence-corrected chi connectivity index (χ2v) is 6.22.